The van der Waals surface area contributed by atoms with E-state index in [-0.39, 0.29) is 5.57 Å². The predicted molar refractivity (Wildman–Crippen MR) is 141 cm³/mol. The van der Waals surface area contributed by atoms with Gasteiger partial charge >= 0.3 is 0 Å². The van der Waals surface area contributed by atoms with Gasteiger partial charge in [-0.15, -0.1) is 0 Å². The van der Waals surface area contributed by atoms with Gasteiger partial charge in [0.2, 0.25) is 0 Å². The van der Waals surface area contributed by atoms with Crippen molar-refractivity contribution in [3.05, 3.63) is 95.6 Å². The number of anilines is 1. The van der Waals surface area contributed by atoms with Gasteiger partial charge in [-0.3, -0.25) is 4.79 Å². The smallest absolute Gasteiger partial charge is 0.266 e. The number of nitriles is 1. The third-order valence-electron chi connectivity index (χ3n) is 4.79. The SMILES string of the molecule is Cc1cccc(NC(=O)/C(C#N)=C/c2ccc(OCc3ccc(I)cc3)c(I)c2)c1C. The molecule has 3 rings (SSSR count). The maximum Gasteiger partial charge on any atom is 0.266 e. The fourth-order valence-corrected chi connectivity index (χ4v) is 3.91. The minimum Gasteiger partial charge on any atom is -0.488 e. The summed E-state index contributed by atoms with van der Waals surface area (Å²) in [5.41, 5.74) is 4.67. The monoisotopic (exact) mass is 634 g/mol. The number of hydrogen-bond acceptors (Lipinski definition) is 3. The van der Waals surface area contributed by atoms with Gasteiger partial charge in [-0.1, -0.05) is 30.3 Å². The molecule has 0 heterocycles. The number of benzene rings is 3. The van der Waals surface area contributed by atoms with E-state index in [1.807, 2.05) is 80.6 Å². The van der Waals surface area contributed by atoms with E-state index >= 15 is 0 Å². The third kappa shape index (κ3) is 6.31. The van der Waals surface area contributed by atoms with Crippen molar-refractivity contribution in [1.82, 2.24) is 0 Å². The summed E-state index contributed by atoms with van der Waals surface area (Å²) in [6.45, 7) is 4.40. The summed E-state index contributed by atoms with van der Waals surface area (Å²) >= 11 is 4.47. The quantitative estimate of drug-likeness (QED) is 0.188. The second-order valence-corrected chi connectivity index (χ2v) is 9.38. The summed E-state index contributed by atoms with van der Waals surface area (Å²) in [7, 11) is 0. The van der Waals surface area contributed by atoms with E-state index in [9.17, 15) is 10.1 Å². The second-order valence-electron chi connectivity index (χ2n) is 6.98. The Balaban J connectivity index is 1.72. The molecule has 0 aliphatic heterocycles. The Morgan fingerprint density at radius 3 is 2.52 bits per heavy atom. The number of carbonyl (C=O) groups is 1. The molecule has 1 amide bonds. The van der Waals surface area contributed by atoms with E-state index in [1.165, 1.54) is 3.57 Å². The Morgan fingerprint density at radius 1 is 1.10 bits per heavy atom. The lowest BCUT2D eigenvalue weighted by atomic mass is 10.1. The predicted octanol–water partition coefficient (Wildman–Crippen LogP) is 6.64. The number of nitrogens with zero attached hydrogens (tertiary/aromatic N) is 1. The Kier molecular flexibility index (Phi) is 8.09. The minimum absolute atomic E-state index is 0.0456. The van der Waals surface area contributed by atoms with Crippen molar-refractivity contribution < 1.29 is 9.53 Å². The standard InChI is InChI=1S/C25H20I2N2O2/c1-16-4-3-5-23(17(16)2)29-25(30)20(14-28)12-19-8-11-24(22(27)13-19)31-15-18-6-9-21(26)10-7-18/h3-13H,15H2,1-2H3,(H,29,30)/b20-12+. The van der Waals surface area contributed by atoms with Gasteiger partial charge in [0.1, 0.15) is 24.0 Å². The van der Waals surface area contributed by atoms with E-state index in [0.717, 1.165) is 31.6 Å². The van der Waals surface area contributed by atoms with E-state index in [1.54, 1.807) is 6.08 Å². The van der Waals surface area contributed by atoms with Crippen molar-refractivity contribution in [3.63, 3.8) is 0 Å². The van der Waals surface area contributed by atoms with Crippen LogP contribution in [0.5, 0.6) is 5.75 Å². The Hall–Kier alpha value is -2.38. The van der Waals surface area contributed by atoms with Gasteiger partial charge in [-0.05, 0) is 118 Å². The molecule has 156 valence electrons. The first kappa shape index (κ1) is 23.3. The first-order valence-corrected chi connectivity index (χ1v) is 11.7. The molecule has 0 aliphatic rings. The number of amides is 1. The van der Waals surface area contributed by atoms with Crippen molar-refractivity contribution in [2.45, 2.75) is 20.5 Å². The Morgan fingerprint density at radius 2 is 1.84 bits per heavy atom. The molecule has 0 aliphatic carbocycles. The minimum atomic E-state index is -0.426. The van der Waals surface area contributed by atoms with Gasteiger partial charge in [-0.2, -0.15) is 5.26 Å². The van der Waals surface area contributed by atoms with Gasteiger partial charge in [-0.25, -0.2) is 0 Å². The number of nitrogens with one attached hydrogen (secondary N) is 1. The summed E-state index contributed by atoms with van der Waals surface area (Å²) in [4.78, 5) is 12.6. The largest absolute Gasteiger partial charge is 0.488 e. The Bertz CT molecular complexity index is 1180. The number of rotatable bonds is 6. The highest BCUT2D eigenvalue weighted by atomic mass is 127. The van der Waals surface area contributed by atoms with E-state index in [4.69, 9.17) is 4.74 Å². The van der Waals surface area contributed by atoms with E-state index in [0.29, 0.717) is 12.3 Å². The highest BCUT2D eigenvalue weighted by molar-refractivity contribution is 14.1. The van der Waals surface area contributed by atoms with E-state index < -0.39 is 5.91 Å². The van der Waals surface area contributed by atoms with Gasteiger partial charge < -0.3 is 10.1 Å². The first-order valence-electron chi connectivity index (χ1n) is 9.53. The van der Waals surface area contributed by atoms with Crippen LogP contribution in [0.1, 0.15) is 22.3 Å². The van der Waals surface area contributed by atoms with Crippen molar-refractivity contribution in [3.8, 4) is 11.8 Å². The molecule has 31 heavy (non-hydrogen) atoms. The van der Waals surface area contributed by atoms with Crippen LogP contribution in [0.25, 0.3) is 6.08 Å². The zero-order chi connectivity index (χ0) is 22.4. The first-order chi connectivity index (χ1) is 14.9. The number of halogens is 2. The molecule has 0 atom stereocenters. The van der Waals surface area contributed by atoms with Crippen LogP contribution in [0, 0.1) is 32.3 Å². The number of hydrogen-bond donors (Lipinski definition) is 1. The number of ether oxygens (including phenoxy) is 1. The van der Waals surface area contributed by atoms with Crippen LogP contribution < -0.4 is 10.1 Å². The molecule has 0 radical (unpaired) electrons. The molecule has 0 aromatic heterocycles. The molecular weight excluding hydrogens is 614 g/mol. The highest BCUT2D eigenvalue weighted by Gasteiger charge is 2.12. The van der Waals surface area contributed by atoms with Gasteiger partial charge in [0.15, 0.2) is 0 Å². The van der Waals surface area contributed by atoms with Crippen LogP contribution in [0.3, 0.4) is 0 Å². The van der Waals surface area contributed by atoms with Crippen LogP contribution >= 0.6 is 45.2 Å². The van der Waals surface area contributed by atoms with Crippen LogP contribution in [0.4, 0.5) is 5.69 Å². The summed E-state index contributed by atoms with van der Waals surface area (Å²) in [5.74, 6) is 0.333. The van der Waals surface area contributed by atoms with Crippen LogP contribution in [0.2, 0.25) is 0 Å². The summed E-state index contributed by atoms with van der Waals surface area (Å²) in [6.07, 6.45) is 1.59. The molecule has 4 nitrogen and oxygen atoms in total. The molecule has 0 saturated carbocycles. The molecule has 0 bridgehead atoms. The molecule has 0 fully saturated rings. The molecule has 6 heteroatoms. The average molecular weight is 634 g/mol. The van der Waals surface area contributed by atoms with Gasteiger partial charge in [0.25, 0.3) is 5.91 Å². The molecule has 0 spiro atoms. The van der Waals surface area contributed by atoms with Crippen molar-refractivity contribution in [2.24, 2.45) is 0 Å². The normalized spacial score (nSPS) is 11.0. The lowest BCUT2D eigenvalue weighted by molar-refractivity contribution is -0.112. The summed E-state index contributed by atoms with van der Waals surface area (Å²) in [6, 6.07) is 21.5. The third-order valence-corrected chi connectivity index (χ3v) is 6.35. The fourth-order valence-electron chi connectivity index (χ4n) is 2.86. The topological polar surface area (TPSA) is 62.1 Å². The molecule has 3 aromatic carbocycles. The lowest BCUT2D eigenvalue weighted by Gasteiger charge is -2.10. The van der Waals surface area contributed by atoms with Crippen LogP contribution in [-0.4, -0.2) is 5.91 Å². The zero-order valence-corrected chi connectivity index (χ0v) is 21.4. The molecule has 0 saturated heterocycles. The molecular formula is C25H20I2N2O2. The summed E-state index contributed by atoms with van der Waals surface area (Å²) < 4.78 is 8.01. The second kappa shape index (κ2) is 10.8. The van der Waals surface area contributed by atoms with Crippen LogP contribution in [0.15, 0.2) is 66.2 Å². The fraction of sp³-hybridized carbons (Fsp3) is 0.120. The molecule has 3 aromatic rings. The number of aryl methyl sites for hydroxylation is 1. The van der Waals surface area contributed by atoms with Crippen molar-refractivity contribution in [1.29, 1.82) is 5.26 Å². The van der Waals surface area contributed by atoms with Gasteiger partial charge in [0.05, 0.1) is 3.57 Å². The average Bonchev–Trinajstić information content (AvgIpc) is 2.75. The maximum absolute atomic E-state index is 12.6. The Labute approximate surface area is 209 Å². The zero-order valence-electron chi connectivity index (χ0n) is 17.1. The van der Waals surface area contributed by atoms with Crippen LogP contribution in [-0.2, 0) is 11.4 Å². The van der Waals surface area contributed by atoms with Crippen molar-refractivity contribution in [2.75, 3.05) is 5.32 Å². The lowest BCUT2D eigenvalue weighted by Crippen LogP contribution is -2.14. The molecule has 1 N–H and O–H groups in total. The van der Waals surface area contributed by atoms with Crippen molar-refractivity contribution >= 4 is 62.9 Å². The highest BCUT2D eigenvalue weighted by Crippen LogP contribution is 2.25. The van der Waals surface area contributed by atoms with E-state index in [2.05, 4.69) is 50.5 Å². The van der Waals surface area contributed by atoms with Gasteiger partial charge in [0, 0.05) is 9.26 Å². The maximum atomic E-state index is 12.6. The summed E-state index contributed by atoms with van der Waals surface area (Å²) in [5, 5.41) is 12.3. The number of carbonyl (C=O) groups excluding carboxylic acids is 1. The molecule has 0 unspecified atom stereocenters.